The number of rotatable bonds is 3. The molecule has 19 heavy (non-hydrogen) atoms. The van der Waals surface area contributed by atoms with Crippen molar-refractivity contribution in [3.05, 3.63) is 40.4 Å². The quantitative estimate of drug-likeness (QED) is 0.873. The molecule has 0 radical (unpaired) electrons. The maximum atomic E-state index is 12.3. The zero-order valence-corrected chi connectivity index (χ0v) is 12.7. The molecule has 1 saturated carbocycles. The molecule has 1 aliphatic rings. The Balaban J connectivity index is 2.08. The second-order valence-corrected chi connectivity index (χ2v) is 6.65. The van der Waals surface area contributed by atoms with Crippen molar-refractivity contribution in [1.82, 2.24) is 0 Å². The van der Waals surface area contributed by atoms with E-state index in [1.807, 2.05) is 45.0 Å². The minimum absolute atomic E-state index is 0.0198. The predicted octanol–water partition coefficient (Wildman–Crippen LogP) is 4.52. The van der Waals surface area contributed by atoms with Crippen LogP contribution in [0.3, 0.4) is 0 Å². The van der Waals surface area contributed by atoms with Crippen molar-refractivity contribution >= 4 is 34.8 Å². The summed E-state index contributed by atoms with van der Waals surface area (Å²) in [7, 11) is 0. The lowest BCUT2D eigenvalue weighted by Crippen LogP contribution is -2.16. The smallest absolute Gasteiger partial charge is 0.228 e. The largest absolute Gasteiger partial charge is 0.326 e. The summed E-state index contributed by atoms with van der Waals surface area (Å²) in [6, 6.07) is 7.76. The van der Waals surface area contributed by atoms with Gasteiger partial charge in [-0.2, -0.15) is 0 Å². The van der Waals surface area contributed by atoms with Crippen molar-refractivity contribution in [2.24, 2.45) is 17.3 Å². The topological polar surface area (TPSA) is 29.1 Å². The molecule has 1 aliphatic carbocycles. The Morgan fingerprint density at radius 1 is 1.37 bits per heavy atom. The SMILES string of the molecule is Cc1cccc(NC(=O)[C@H]2[C@@H](C=C(Cl)Cl)C2(C)C)c1. The normalized spacial score (nSPS) is 23.6. The molecule has 2 nitrogen and oxygen atoms in total. The van der Waals surface area contributed by atoms with Crippen LogP contribution in [0.25, 0.3) is 0 Å². The number of carbonyl (C=O) groups is 1. The van der Waals surface area contributed by atoms with Crippen LogP contribution < -0.4 is 5.32 Å². The van der Waals surface area contributed by atoms with Gasteiger partial charge in [0.1, 0.15) is 4.49 Å². The number of hydrogen-bond donors (Lipinski definition) is 1. The molecule has 2 atom stereocenters. The molecule has 1 aromatic carbocycles. The Kier molecular flexibility index (Phi) is 3.93. The molecule has 1 amide bonds. The number of anilines is 1. The van der Waals surface area contributed by atoms with E-state index in [1.165, 1.54) is 0 Å². The summed E-state index contributed by atoms with van der Waals surface area (Å²) >= 11 is 11.4. The lowest BCUT2D eigenvalue weighted by atomic mass is 10.1. The second kappa shape index (κ2) is 5.18. The lowest BCUT2D eigenvalue weighted by molar-refractivity contribution is -0.118. The first kappa shape index (κ1) is 14.4. The Morgan fingerprint density at radius 3 is 2.63 bits per heavy atom. The van der Waals surface area contributed by atoms with Gasteiger partial charge in [0.2, 0.25) is 5.91 Å². The summed E-state index contributed by atoms with van der Waals surface area (Å²) in [6.45, 7) is 6.09. The van der Waals surface area contributed by atoms with E-state index in [4.69, 9.17) is 23.2 Å². The van der Waals surface area contributed by atoms with E-state index in [0.717, 1.165) is 11.3 Å². The Bertz CT molecular complexity index is 533. The summed E-state index contributed by atoms with van der Waals surface area (Å²) < 4.78 is 0.226. The molecule has 1 aromatic rings. The highest BCUT2D eigenvalue weighted by Crippen LogP contribution is 2.59. The number of hydrogen-bond acceptors (Lipinski definition) is 1. The fraction of sp³-hybridized carbons (Fsp3) is 0.400. The third kappa shape index (κ3) is 3.13. The van der Waals surface area contributed by atoms with Crippen LogP contribution in [0, 0.1) is 24.2 Å². The molecule has 4 heteroatoms. The second-order valence-electron chi connectivity index (χ2n) is 5.64. The third-order valence-electron chi connectivity index (χ3n) is 3.78. The van der Waals surface area contributed by atoms with Crippen LogP contribution in [0.2, 0.25) is 0 Å². The van der Waals surface area contributed by atoms with Gasteiger partial charge in [0.25, 0.3) is 0 Å². The monoisotopic (exact) mass is 297 g/mol. The van der Waals surface area contributed by atoms with Gasteiger partial charge in [-0.3, -0.25) is 4.79 Å². The highest BCUT2D eigenvalue weighted by atomic mass is 35.5. The van der Waals surface area contributed by atoms with Gasteiger partial charge in [-0.25, -0.2) is 0 Å². The number of allylic oxidation sites excluding steroid dienone is 1. The molecule has 0 aliphatic heterocycles. The van der Waals surface area contributed by atoms with Gasteiger partial charge in [0, 0.05) is 5.69 Å². The standard InChI is InChI=1S/C15H17Cl2NO/c1-9-5-4-6-10(7-9)18-14(19)13-11(8-12(16)17)15(13,2)3/h4-8,11,13H,1-3H3,(H,18,19)/t11-,13-/m1/s1. The molecule has 2 rings (SSSR count). The zero-order chi connectivity index (χ0) is 14.2. The molecule has 102 valence electrons. The molecular weight excluding hydrogens is 281 g/mol. The van der Waals surface area contributed by atoms with E-state index in [9.17, 15) is 4.79 Å². The van der Waals surface area contributed by atoms with Crippen molar-refractivity contribution in [2.75, 3.05) is 5.32 Å². The summed E-state index contributed by atoms with van der Waals surface area (Å²) in [5.74, 6) is 0.0363. The highest BCUT2D eigenvalue weighted by Gasteiger charge is 2.60. The fourth-order valence-corrected chi connectivity index (χ4v) is 2.84. The van der Waals surface area contributed by atoms with Gasteiger partial charge in [0.15, 0.2) is 0 Å². The summed E-state index contributed by atoms with van der Waals surface area (Å²) in [5, 5.41) is 2.95. The number of benzene rings is 1. The predicted molar refractivity (Wildman–Crippen MR) is 80.4 cm³/mol. The van der Waals surface area contributed by atoms with E-state index in [0.29, 0.717) is 0 Å². The van der Waals surface area contributed by atoms with Crippen LogP contribution in [-0.4, -0.2) is 5.91 Å². The molecule has 0 heterocycles. The van der Waals surface area contributed by atoms with Crippen molar-refractivity contribution in [2.45, 2.75) is 20.8 Å². The zero-order valence-electron chi connectivity index (χ0n) is 11.2. The summed E-state index contributed by atoms with van der Waals surface area (Å²) in [6.07, 6.45) is 1.75. The van der Waals surface area contributed by atoms with Gasteiger partial charge in [-0.1, -0.05) is 49.2 Å². The molecule has 1 fully saturated rings. The first-order valence-electron chi connectivity index (χ1n) is 6.22. The van der Waals surface area contributed by atoms with E-state index < -0.39 is 0 Å². The van der Waals surface area contributed by atoms with E-state index in [-0.39, 0.29) is 27.6 Å². The van der Waals surface area contributed by atoms with Crippen molar-refractivity contribution in [3.8, 4) is 0 Å². The minimum atomic E-state index is -0.0943. The molecule has 0 spiro atoms. The Labute approximate surface area is 123 Å². The fourth-order valence-electron chi connectivity index (χ4n) is 2.57. The molecule has 0 aromatic heterocycles. The van der Waals surface area contributed by atoms with Crippen molar-refractivity contribution in [3.63, 3.8) is 0 Å². The van der Waals surface area contributed by atoms with Gasteiger partial charge >= 0.3 is 0 Å². The van der Waals surface area contributed by atoms with Gasteiger partial charge < -0.3 is 5.32 Å². The van der Waals surface area contributed by atoms with Crippen LogP contribution in [0.15, 0.2) is 34.8 Å². The number of nitrogens with one attached hydrogen (secondary N) is 1. The van der Waals surface area contributed by atoms with Crippen molar-refractivity contribution in [1.29, 1.82) is 0 Å². The average molecular weight is 298 g/mol. The van der Waals surface area contributed by atoms with E-state index in [1.54, 1.807) is 6.08 Å². The van der Waals surface area contributed by atoms with Crippen LogP contribution in [0.5, 0.6) is 0 Å². The van der Waals surface area contributed by atoms with Crippen molar-refractivity contribution < 1.29 is 4.79 Å². The van der Waals surface area contributed by atoms with Crippen LogP contribution >= 0.6 is 23.2 Å². The molecule has 1 N–H and O–H groups in total. The number of halogens is 2. The lowest BCUT2D eigenvalue weighted by Gasteiger charge is -2.06. The molecule has 0 saturated heterocycles. The molecule has 0 unspecified atom stereocenters. The molecular formula is C15H17Cl2NO. The highest BCUT2D eigenvalue weighted by molar-refractivity contribution is 6.55. The van der Waals surface area contributed by atoms with Gasteiger partial charge in [0.05, 0.1) is 5.92 Å². The Hall–Kier alpha value is -0.990. The maximum absolute atomic E-state index is 12.3. The minimum Gasteiger partial charge on any atom is -0.326 e. The average Bonchev–Trinajstić information content (AvgIpc) is 2.79. The summed E-state index contributed by atoms with van der Waals surface area (Å²) in [5.41, 5.74) is 1.85. The third-order valence-corrected chi connectivity index (χ3v) is 4.04. The first-order valence-corrected chi connectivity index (χ1v) is 6.98. The van der Waals surface area contributed by atoms with Gasteiger partial charge in [-0.05, 0) is 42.0 Å². The summed E-state index contributed by atoms with van der Waals surface area (Å²) in [4.78, 5) is 12.3. The molecule has 0 bridgehead atoms. The van der Waals surface area contributed by atoms with E-state index in [2.05, 4.69) is 5.32 Å². The van der Waals surface area contributed by atoms with E-state index >= 15 is 0 Å². The van der Waals surface area contributed by atoms with Crippen LogP contribution in [0.4, 0.5) is 5.69 Å². The number of aryl methyl sites for hydroxylation is 1. The van der Waals surface area contributed by atoms with Gasteiger partial charge in [-0.15, -0.1) is 0 Å². The van der Waals surface area contributed by atoms with Crippen LogP contribution in [0.1, 0.15) is 19.4 Å². The number of carbonyl (C=O) groups excluding carboxylic acids is 1. The van der Waals surface area contributed by atoms with Crippen LogP contribution in [-0.2, 0) is 4.79 Å². The first-order chi connectivity index (χ1) is 8.82. The maximum Gasteiger partial charge on any atom is 0.228 e. The Morgan fingerprint density at radius 2 is 2.05 bits per heavy atom. The number of amides is 1.